The van der Waals surface area contributed by atoms with Crippen LogP contribution >= 0.6 is 15.9 Å². The van der Waals surface area contributed by atoms with Crippen molar-refractivity contribution in [1.29, 1.82) is 0 Å². The molecular formula is C15H10BrNO. The number of halogens is 1. The average Bonchev–Trinajstić information content (AvgIpc) is 2.41. The van der Waals surface area contributed by atoms with Crippen molar-refractivity contribution in [3.8, 4) is 11.5 Å². The van der Waals surface area contributed by atoms with E-state index in [-0.39, 0.29) is 0 Å². The van der Waals surface area contributed by atoms with E-state index in [2.05, 4.69) is 20.9 Å². The Morgan fingerprint density at radius 1 is 0.944 bits per heavy atom. The Hall–Kier alpha value is -1.87. The molecule has 18 heavy (non-hydrogen) atoms. The van der Waals surface area contributed by atoms with Crippen molar-refractivity contribution in [2.45, 2.75) is 0 Å². The lowest BCUT2D eigenvalue weighted by molar-refractivity contribution is 0.480. The second-order valence-corrected chi connectivity index (χ2v) is 4.77. The van der Waals surface area contributed by atoms with Crippen LogP contribution in [0.2, 0.25) is 0 Å². The smallest absolute Gasteiger partial charge is 0.141 e. The van der Waals surface area contributed by atoms with Crippen molar-refractivity contribution in [2.75, 3.05) is 0 Å². The lowest BCUT2D eigenvalue weighted by Crippen LogP contribution is -1.85. The molecule has 1 aromatic heterocycles. The molecule has 0 unspecified atom stereocenters. The van der Waals surface area contributed by atoms with E-state index >= 15 is 0 Å². The number of rotatable bonds is 2. The van der Waals surface area contributed by atoms with Crippen LogP contribution in [0, 0.1) is 0 Å². The lowest BCUT2D eigenvalue weighted by atomic mass is 10.2. The van der Waals surface area contributed by atoms with Gasteiger partial charge < -0.3 is 4.74 Å². The molecule has 0 spiro atoms. The van der Waals surface area contributed by atoms with E-state index in [0.29, 0.717) is 0 Å². The number of pyridine rings is 1. The Balaban J connectivity index is 1.98. The molecule has 0 aliphatic heterocycles. The van der Waals surface area contributed by atoms with Crippen LogP contribution in [0.15, 0.2) is 65.4 Å². The molecule has 88 valence electrons. The van der Waals surface area contributed by atoms with Gasteiger partial charge in [0.2, 0.25) is 0 Å². The molecule has 0 atom stereocenters. The van der Waals surface area contributed by atoms with Crippen LogP contribution in [0.4, 0.5) is 0 Å². The number of aromatic nitrogens is 1. The molecule has 0 aliphatic rings. The SMILES string of the molecule is Brc1ccccc1Oc1ccc2ccncc2c1. The highest BCUT2D eigenvalue weighted by Crippen LogP contribution is 2.30. The number of benzene rings is 2. The molecule has 0 bridgehead atoms. The second kappa shape index (κ2) is 4.78. The van der Waals surface area contributed by atoms with Crippen LogP contribution in [0.3, 0.4) is 0 Å². The second-order valence-electron chi connectivity index (χ2n) is 3.92. The molecule has 0 aliphatic carbocycles. The summed E-state index contributed by atoms with van der Waals surface area (Å²) in [7, 11) is 0. The molecule has 0 saturated carbocycles. The van der Waals surface area contributed by atoms with Crippen molar-refractivity contribution in [1.82, 2.24) is 4.98 Å². The van der Waals surface area contributed by atoms with E-state index in [0.717, 1.165) is 26.7 Å². The van der Waals surface area contributed by atoms with E-state index in [4.69, 9.17) is 4.74 Å². The van der Waals surface area contributed by atoms with Crippen LogP contribution in [-0.4, -0.2) is 4.98 Å². The van der Waals surface area contributed by atoms with Gasteiger partial charge >= 0.3 is 0 Å². The Labute approximate surface area is 113 Å². The summed E-state index contributed by atoms with van der Waals surface area (Å²) in [5.74, 6) is 1.61. The minimum absolute atomic E-state index is 0.806. The van der Waals surface area contributed by atoms with E-state index in [1.165, 1.54) is 0 Å². The summed E-state index contributed by atoms with van der Waals surface area (Å²) in [5.41, 5.74) is 0. The third-order valence-electron chi connectivity index (χ3n) is 2.68. The number of nitrogens with zero attached hydrogens (tertiary/aromatic N) is 1. The summed E-state index contributed by atoms with van der Waals surface area (Å²) in [6.07, 6.45) is 3.62. The maximum atomic E-state index is 5.84. The van der Waals surface area contributed by atoms with Crippen molar-refractivity contribution < 1.29 is 4.74 Å². The maximum Gasteiger partial charge on any atom is 0.141 e. The summed E-state index contributed by atoms with van der Waals surface area (Å²) in [6, 6.07) is 15.8. The van der Waals surface area contributed by atoms with Gasteiger partial charge in [0.25, 0.3) is 0 Å². The van der Waals surface area contributed by atoms with Crippen molar-refractivity contribution in [2.24, 2.45) is 0 Å². The lowest BCUT2D eigenvalue weighted by Gasteiger charge is -2.08. The predicted molar refractivity (Wildman–Crippen MR) is 76.0 cm³/mol. The van der Waals surface area contributed by atoms with E-state index < -0.39 is 0 Å². The number of hydrogen-bond donors (Lipinski definition) is 0. The van der Waals surface area contributed by atoms with Gasteiger partial charge in [-0.2, -0.15) is 0 Å². The minimum Gasteiger partial charge on any atom is -0.456 e. The number of hydrogen-bond acceptors (Lipinski definition) is 2. The molecule has 0 fully saturated rings. The predicted octanol–water partition coefficient (Wildman–Crippen LogP) is 4.79. The Morgan fingerprint density at radius 2 is 1.83 bits per heavy atom. The van der Waals surface area contributed by atoms with Gasteiger partial charge in [0.15, 0.2) is 0 Å². The first kappa shape index (κ1) is 11.2. The van der Waals surface area contributed by atoms with Crippen LogP contribution in [-0.2, 0) is 0 Å². The quantitative estimate of drug-likeness (QED) is 0.679. The number of fused-ring (bicyclic) bond motifs is 1. The fourth-order valence-corrected chi connectivity index (χ4v) is 2.15. The molecule has 0 amide bonds. The van der Waals surface area contributed by atoms with Gasteiger partial charge in [-0.05, 0) is 51.6 Å². The number of ether oxygens (including phenoxy) is 1. The van der Waals surface area contributed by atoms with Gasteiger partial charge in [-0.1, -0.05) is 18.2 Å². The summed E-state index contributed by atoms with van der Waals surface area (Å²) in [5, 5.41) is 2.23. The summed E-state index contributed by atoms with van der Waals surface area (Å²) in [4.78, 5) is 4.11. The summed E-state index contributed by atoms with van der Waals surface area (Å²) in [6.45, 7) is 0. The molecular weight excluding hydrogens is 290 g/mol. The average molecular weight is 300 g/mol. The third kappa shape index (κ3) is 2.22. The van der Waals surface area contributed by atoms with Crippen molar-refractivity contribution in [3.05, 3.63) is 65.4 Å². The largest absolute Gasteiger partial charge is 0.456 e. The Kier molecular flexibility index (Phi) is 2.99. The topological polar surface area (TPSA) is 22.1 Å². The zero-order chi connectivity index (χ0) is 12.4. The number of para-hydroxylation sites is 1. The van der Waals surface area contributed by atoms with Gasteiger partial charge in [0.1, 0.15) is 11.5 Å². The molecule has 2 nitrogen and oxygen atoms in total. The molecule has 0 saturated heterocycles. The zero-order valence-corrected chi connectivity index (χ0v) is 11.1. The van der Waals surface area contributed by atoms with Gasteiger partial charge in [0, 0.05) is 17.8 Å². The van der Waals surface area contributed by atoms with Gasteiger partial charge in [-0.15, -0.1) is 0 Å². The minimum atomic E-state index is 0.806. The molecule has 2 aromatic carbocycles. The van der Waals surface area contributed by atoms with Gasteiger partial charge in [-0.25, -0.2) is 0 Å². The molecule has 1 heterocycles. The summed E-state index contributed by atoms with van der Waals surface area (Å²) >= 11 is 3.47. The molecule has 0 radical (unpaired) electrons. The fraction of sp³-hybridized carbons (Fsp3) is 0. The highest BCUT2D eigenvalue weighted by Gasteiger charge is 2.02. The molecule has 0 N–H and O–H groups in total. The van der Waals surface area contributed by atoms with E-state index in [1.54, 1.807) is 6.20 Å². The first-order valence-corrected chi connectivity index (χ1v) is 6.38. The molecule has 3 heteroatoms. The summed E-state index contributed by atoms with van der Waals surface area (Å²) < 4.78 is 6.78. The monoisotopic (exact) mass is 299 g/mol. The maximum absolute atomic E-state index is 5.84. The van der Waals surface area contributed by atoms with Gasteiger partial charge in [-0.3, -0.25) is 4.98 Å². The first-order chi connectivity index (χ1) is 8.83. The highest BCUT2D eigenvalue weighted by atomic mass is 79.9. The van der Waals surface area contributed by atoms with E-state index in [9.17, 15) is 0 Å². The third-order valence-corrected chi connectivity index (χ3v) is 3.33. The highest BCUT2D eigenvalue weighted by molar-refractivity contribution is 9.10. The van der Waals surface area contributed by atoms with Crippen LogP contribution < -0.4 is 4.74 Å². The Bertz CT molecular complexity index is 697. The molecule has 3 rings (SSSR count). The standard InChI is InChI=1S/C15H10BrNO/c16-14-3-1-2-4-15(14)18-13-6-5-11-7-8-17-10-12(11)9-13/h1-10H. The molecule has 3 aromatic rings. The van der Waals surface area contributed by atoms with Crippen molar-refractivity contribution >= 4 is 26.7 Å². The first-order valence-electron chi connectivity index (χ1n) is 5.59. The fourth-order valence-electron chi connectivity index (χ4n) is 1.78. The normalized spacial score (nSPS) is 10.5. The zero-order valence-electron chi connectivity index (χ0n) is 9.51. The van der Waals surface area contributed by atoms with Crippen molar-refractivity contribution in [3.63, 3.8) is 0 Å². The van der Waals surface area contributed by atoms with Gasteiger partial charge in [0.05, 0.1) is 4.47 Å². The van der Waals surface area contributed by atoms with E-state index in [1.807, 2.05) is 54.7 Å². The Morgan fingerprint density at radius 3 is 2.72 bits per heavy atom. The van der Waals surface area contributed by atoms with Crippen LogP contribution in [0.5, 0.6) is 11.5 Å². The van der Waals surface area contributed by atoms with Crippen LogP contribution in [0.25, 0.3) is 10.8 Å². The van der Waals surface area contributed by atoms with Crippen LogP contribution in [0.1, 0.15) is 0 Å².